The molecule has 4 rings (SSSR count). The van der Waals surface area contributed by atoms with Crippen molar-refractivity contribution in [1.29, 1.82) is 0 Å². The number of para-hydroxylation sites is 1. The number of carbonyl (C=O) groups excluding carboxylic acids is 1. The third-order valence-corrected chi connectivity index (χ3v) is 7.79. The van der Waals surface area contributed by atoms with Gasteiger partial charge in [0, 0.05) is 30.3 Å². The van der Waals surface area contributed by atoms with Crippen molar-refractivity contribution < 1.29 is 13.2 Å². The number of hydrogen-bond acceptors (Lipinski definition) is 3. The Morgan fingerprint density at radius 1 is 1.07 bits per heavy atom. The minimum atomic E-state index is -3.51. The summed E-state index contributed by atoms with van der Waals surface area (Å²) in [7, 11) is -3.51. The van der Waals surface area contributed by atoms with Crippen molar-refractivity contribution in [2.45, 2.75) is 31.4 Å². The van der Waals surface area contributed by atoms with Crippen LogP contribution in [0.5, 0.6) is 0 Å². The fraction of sp³-hybridized carbons (Fsp3) is 0.409. The van der Waals surface area contributed by atoms with E-state index in [1.54, 1.807) is 24.3 Å². The minimum absolute atomic E-state index is 0.0415. The van der Waals surface area contributed by atoms with Gasteiger partial charge < -0.3 is 4.90 Å². The highest BCUT2D eigenvalue weighted by atomic mass is 35.5. The third kappa shape index (κ3) is 4.49. The summed E-state index contributed by atoms with van der Waals surface area (Å²) < 4.78 is 27.4. The minimum Gasteiger partial charge on any atom is -0.312 e. The molecule has 5 nitrogen and oxygen atoms in total. The molecule has 2 heterocycles. The van der Waals surface area contributed by atoms with Gasteiger partial charge in [0.2, 0.25) is 15.9 Å². The second kappa shape index (κ2) is 8.46. The topological polar surface area (TPSA) is 57.7 Å². The molecule has 29 heavy (non-hydrogen) atoms. The van der Waals surface area contributed by atoms with Crippen molar-refractivity contribution in [1.82, 2.24) is 4.31 Å². The van der Waals surface area contributed by atoms with Crippen LogP contribution in [0.15, 0.2) is 48.5 Å². The van der Waals surface area contributed by atoms with E-state index in [4.69, 9.17) is 11.6 Å². The van der Waals surface area contributed by atoms with E-state index < -0.39 is 10.0 Å². The molecule has 154 valence electrons. The lowest BCUT2D eigenvalue weighted by molar-refractivity contribution is -0.123. The Morgan fingerprint density at radius 2 is 1.90 bits per heavy atom. The Balaban J connectivity index is 1.49. The number of amides is 1. The lowest BCUT2D eigenvalue weighted by atomic mass is 9.95. The van der Waals surface area contributed by atoms with Crippen LogP contribution in [0.4, 0.5) is 5.69 Å². The van der Waals surface area contributed by atoms with E-state index in [0.717, 1.165) is 24.9 Å². The molecule has 1 atom stereocenters. The predicted octanol–water partition coefficient (Wildman–Crippen LogP) is 3.86. The van der Waals surface area contributed by atoms with Gasteiger partial charge in [0.05, 0.1) is 11.7 Å². The van der Waals surface area contributed by atoms with Gasteiger partial charge in [-0.3, -0.25) is 4.79 Å². The van der Waals surface area contributed by atoms with Gasteiger partial charge in [-0.25, -0.2) is 12.7 Å². The van der Waals surface area contributed by atoms with Crippen molar-refractivity contribution in [3.8, 4) is 0 Å². The average molecular weight is 433 g/mol. The number of anilines is 1. The van der Waals surface area contributed by atoms with Crippen LogP contribution in [0.1, 0.15) is 30.4 Å². The van der Waals surface area contributed by atoms with Crippen LogP contribution in [0.3, 0.4) is 0 Å². The van der Waals surface area contributed by atoms with Crippen LogP contribution in [-0.2, 0) is 27.0 Å². The molecule has 1 fully saturated rings. The molecule has 7 heteroatoms. The Hall–Kier alpha value is -1.89. The first-order chi connectivity index (χ1) is 13.9. The van der Waals surface area contributed by atoms with Gasteiger partial charge in [0.1, 0.15) is 0 Å². The first-order valence-electron chi connectivity index (χ1n) is 10.1. The summed E-state index contributed by atoms with van der Waals surface area (Å²) in [6, 6.07) is 14.9. The summed E-state index contributed by atoms with van der Waals surface area (Å²) in [6.07, 6.45) is 3.33. The van der Waals surface area contributed by atoms with Crippen LogP contribution < -0.4 is 4.90 Å². The Bertz CT molecular complexity index is 1010. The molecule has 0 bridgehead atoms. The van der Waals surface area contributed by atoms with E-state index in [2.05, 4.69) is 6.07 Å². The molecule has 0 aliphatic carbocycles. The second-order valence-electron chi connectivity index (χ2n) is 7.81. The van der Waals surface area contributed by atoms with Crippen molar-refractivity contribution in [2.24, 2.45) is 5.92 Å². The number of sulfonamides is 1. The molecule has 0 spiro atoms. The van der Waals surface area contributed by atoms with Crippen molar-refractivity contribution >= 4 is 33.2 Å². The molecule has 1 amide bonds. The van der Waals surface area contributed by atoms with Crippen molar-refractivity contribution in [3.05, 3.63) is 64.7 Å². The first kappa shape index (κ1) is 20.4. The number of carbonyl (C=O) groups is 1. The molecule has 0 unspecified atom stereocenters. The van der Waals surface area contributed by atoms with Crippen molar-refractivity contribution in [2.75, 3.05) is 24.5 Å². The largest absolute Gasteiger partial charge is 0.312 e. The number of rotatable bonds is 4. The summed E-state index contributed by atoms with van der Waals surface area (Å²) in [4.78, 5) is 15.1. The van der Waals surface area contributed by atoms with Crippen molar-refractivity contribution in [3.63, 3.8) is 0 Å². The van der Waals surface area contributed by atoms with E-state index in [9.17, 15) is 13.2 Å². The van der Waals surface area contributed by atoms with E-state index in [-0.39, 0.29) is 24.1 Å². The molecule has 0 N–H and O–H groups in total. The molecule has 0 saturated carbocycles. The smallest absolute Gasteiger partial charge is 0.231 e. The fourth-order valence-electron chi connectivity index (χ4n) is 4.31. The predicted molar refractivity (Wildman–Crippen MR) is 115 cm³/mol. The zero-order valence-electron chi connectivity index (χ0n) is 16.3. The Morgan fingerprint density at radius 3 is 2.72 bits per heavy atom. The highest BCUT2D eigenvalue weighted by molar-refractivity contribution is 7.88. The van der Waals surface area contributed by atoms with Gasteiger partial charge in [-0.2, -0.15) is 0 Å². The maximum Gasteiger partial charge on any atom is 0.231 e. The summed E-state index contributed by atoms with van der Waals surface area (Å²) in [5.41, 5.74) is 2.83. The van der Waals surface area contributed by atoms with Gasteiger partial charge in [-0.15, -0.1) is 0 Å². The molecular weight excluding hydrogens is 408 g/mol. The van der Waals surface area contributed by atoms with E-state index in [0.29, 0.717) is 30.1 Å². The Kier molecular flexibility index (Phi) is 5.95. The number of nitrogens with zero attached hydrogens (tertiary/aromatic N) is 2. The highest BCUT2D eigenvalue weighted by Crippen LogP contribution is 2.30. The monoisotopic (exact) mass is 432 g/mol. The lowest BCUT2D eigenvalue weighted by Crippen LogP contribution is -2.48. The van der Waals surface area contributed by atoms with Crippen LogP contribution in [0.2, 0.25) is 5.02 Å². The number of benzene rings is 2. The molecule has 2 aromatic carbocycles. The van der Waals surface area contributed by atoms with Gasteiger partial charge in [-0.05, 0) is 55.0 Å². The zero-order chi connectivity index (χ0) is 20.4. The molecule has 2 aliphatic rings. The molecule has 1 saturated heterocycles. The quantitative estimate of drug-likeness (QED) is 0.737. The zero-order valence-corrected chi connectivity index (χ0v) is 17.8. The second-order valence-corrected chi connectivity index (χ2v) is 10.2. The van der Waals surface area contributed by atoms with Gasteiger partial charge in [0.15, 0.2) is 0 Å². The van der Waals surface area contributed by atoms with E-state index in [1.807, 2.05) is 23.1 Å². The van der Waals surface area contributed by atoms with E-state index >= 15 is 0 Å². The van der Waals surface area contributed by atoms with Crippen LogP contribution in [0, 0.1) is 5.92 Å². The van der Waals surface area contributed by atoms with E-state index in [1.165, 1.54) is 9.87 Å². The van der Waals surface area contributed by atoms with Gasteiger partial charge in [-0.1, -0.05) is 41.9 Å². The number of aryl methyl sites for hydroxylation is 1. The molecule has 0 aromatic heterocycles. The molecule has 2 aromatic rings. The third-order valence-electron chi connectivity index (χ3n) is 5.74. The van der Waals surface area contributed by atoms with Crippen LogP contribution in [-0.4, -0.2) is 38.3 Å². The summed E-state index contributed by atoms with van der Waals surface area (Å²) in [5.74, 6) is -0.357. The van der Waals surface area contributed by atoms with Gasteiger partial charge >= 0.3 is 0 Å². The van der Waals surface area contributed by atoms with Crippen LogP contribution in [0.25, 0.3) is 0 Å². The summed E-state index contributed by atoms with van der Waals surface area (Å²) in [6.45, 7) is 1.41. The first-order valence-corrected chi connectivity index (χ1v) is 12.0. The molecule has 0 radical (unpaired) electrons. The normalized spacial score (nSPS) is 20.3. The summed E-state index contributed by atoms with van der Waals surface area (Å²) in [5, 5.41) is 0.521. The number of fused-ring (bicyclic) bond motifs is 1. The fourth-order valence-corrected chi connectivity index (χ4v) is 6.12. The molecule has 2 aliphatic heterocycles. The Labute approximate surface area is 177 Å². The lowest BCUT2D eigenvalue weighted by Gasteiger charge is -2.36. The standard InChI is InChI=1S/C22H25ClN2O3S/c23-20-10-3-6-17(14-20)16-29(27,28)24-12-4-9-19(15-24)22(26)25-13-5-8-18-7-1-2-11-21(18)25/h1-3,6-7,10-11,14,19H,4-5,8-9,12-13,15-16H2/t19-/m1/s1. The summed E-state index contributed by atoms with van der Waals surface area (Å²) >= 11 is 5.99. The van der Waals surface area contributed by atoms with Crippen LogP contribution >= 0.6 is 11.6 Å². The highest BCUT2D eigenvalue weighted by Gasteiger charge is 2.35. The SMILES string of the molecule is O=C([C@@H]1CCCN(S(=O)(=O)Cc2cccc(Cl)c2)C1)N1CCCc2ccccc21. The maximum absolute atomic E-state index is 13.3. The molecular formula is C22H25ClN2O3S. The maximum atomic E-state index is 13.3. The number of hydrogen-bond donors (Lipinski definition) is 0. The van der Waals surface area contributed by atoms with Gasteiger partial charge in [0.25, 0.3) is 0 Å². The number of piperidine rings is 1. The number of halogens is 1. The average Bonchev–Trinajstić information content (AvgIpc) is 2.72.